The van der Waals surface area contributed by atoms with Gasteiger partial charge in [-0.2, -0.15) is 5.10 Å². The van der Waals surface area contributed by atoms with Gasteiger partial charge in [0.05, 0.1) is 12.6 Å². The molecule has 7 nitrogen and oxygen atoms in total. The molecule has 0 radical (unpaired) electrons. The fraction of sp³-hybridized carbons (Fsp3) is 0.632. The average Bonchev–Trinajstić information content (AvgIpc) is 3.42. The number of nitrogens with zero attached hydrogens (tertiary/aromatic N) is 4. The Morgan fingerprint density at radius 2 is 2.07 bits per heavy atom. The van der Waals surface area contributed by atoms with Gasteiger partial charge in [0.15, 0.2) is 5.82 Å². The van der Waals surface area contributed by atoms with Crippen molar-refractivity contribution >= 4 is 11.3 Å². The zero-order chi connectivity index (χ0) is 18.4. The number of likely N-dealkylation sites (tertiary alicyclic amines) is 1. The lowest BCUT2D eigenvalue weighted by Gasteiger charge is -2.35. The highest BCUT2D eigenvalue weighted by atomic mass is 32.1. The molecule has 2 aromatic heterocycles. The minimum absolute atomic E-state index is 0.0692. The Morgan fingerprint density at radius 1 is 1.22 bits per heavy atom. The Hall–Kier alpha value is -1.77. The molecule has 2 fully saturated rings. The monoisotopic (exact) mass is 388 g/mol. The molecule has 144 valence electrons. The molecular formula is C19H24N4O3S. The minimum atomic E-state index is -0.476. The highest BCUT2D eigenvalue weighted by molar-refractivity contribution is 7.09. The third kappa shape index (κ3) is 3.09. The van der Waals surface area contributed by atoms with Crippen molar-refractivity contribution in [1.82, 2.24) is 19.2 Å². The second-order valence-electron chi connectivity index (χ2n) is 8.01. The van der Waals surface area contributed by atoms with Gasteiger partial charge in [-0.05, 0) is 30.7 Å². The van der Waals surface area contributed by atoms with Crippen molar-refractivity contribution in [2.24, 2.45) is 0 Å². The van der Waals surface area contributed by atoms with Crippen LogP contribution in [0.4, 0.5) is 0 Å². The minimum Gasteiger partial charge on any atom is -0.364 e. The Morgan fingerprint density at radius 3 is 2.85 bits per heavy atom. The maximum Gasteiger partial charge on any atom is 0.332 e. The summed E-state index contributed by atoms with van der Waals surface area (Å²) >= 11 is 1.76. The highest BCUT2D eigenvalue weighted by Crippen LogP contribution is 2.33. The number of hydrogen-bond donors (Lipinski definition) is 0. The Bertz CT molecular complexity index is 945. The third-order valence-corrected chi connectivity index (χ3v) is 7.01. The molecule has 1 unspecified atom stereocenters. The lowest BCUT2D eigenvalue weighted by atomic mass is 10.0. The van der Waals surface area contributed by atoms with E-state index in [0.29, 0.717) is 19.0 Å². The first-order valence-corrected chi connectivity index (χ1v) is 10.6. The summed E-state index contributed by atoms with van der Waals surface area (Å²) in [5.74, 6) is 0.592. The van der Waals surface area contributed by atoms with Gasteiger partial charge in [-0.3, -0.25) is 19.1 Å². The molecule has 1 saturated heterocycles. The van der Waals surface area contributed by atoms with E-state index in [4.69, 9.17) is 4.74 Å². The molecule has 0 bridgehead atoms. The first-order chi connectivity index (χ1) is 13.1. The molecule has 8 heteroatoms. The van der Waals surface area contributed by atoms with Crippen LogP contribution in [-0.4, -0.2) is 37.9 Å². The summed E-state index contributed by atoms with van der Waals surface area (Å²) in [7, 11) is 0. The highest BCUT2D eigenvalue weighted by Gasteiger charge is 2.43. The standard InChI is InChI=1S/C19H24N4O3S/c24-17-18(25)23(14-4-1-2-5-14)20-16-11-26-19(13-22(16)17)7-8-21(12-19)10-15-6-3-9-27-15/h3,6,9,14H,1-2,4-5,7-8,10-13H2. The van der Waals surface area contributed by atoms with E-state index in [-0.39, 0.29) is 11.6 Å². The fourth-order valence-corrected chi connectivity index (χ4v) is 5.45. The summed E-state index contributed by atoms with van der Waals surface area (Å²) in [6, 6.07) is 4.28. The summed E-state index contributed by atoms with van der Waals surface area (Å²) in [4.78, 5) is 29.1. The van der Waals surface area contributed by atoms with Crippen LogP contribution in [0.5, 0.6) is 0 Å². The van der Waals surface area contributed by atoms with E-state index >= 15 is 0 Å². The molecule has 0 aromatic carbocycles. The predicted octanol–water partition coefficient (Wildman–Crippen LogP) is 1.76. The van der Waals surface area contributed by atoms with Crippen LogP contribution >= 0.6 is 11.3 Å². The first-order valence-electron chi connectivity index (χ1n) is 9.75. The first kappa shape index (κ1) is 17.3. The van der Waals surface area contributed by atoms with E-state index in [1.807, 2.05) is 0 Å². The van der Waals surface area contributed by atoms with Gasteiger partial charge in [0, 0.05) is 24.5 Å². The maximum absolute atomic E-state index is 12.8. The molecule has 2 aliphatic heterocycles. The zero-order valence-corrected chi connectivity index (χ0v) is 16.1. The van der Waals surface area contributed by atoms with Crippen LogP contribution in [0, 0.1) is 0 Å². The van der Waals surface area contributed by atoms with E-state index in [1.165, 1.54) is 9.56 Å². The van der Waals surface area contributed by atoms with Crippen LogP contribution < -0.4 is 11.1 Å². The summed E-state index contributed by atoms with van der Waals surface area (Å²) in [6.07, 6.45) is 4.92. The summed E-state index contributed by atoms with van der Waals surface area (Å²) in [5.41, 5.74) is -1.30. The number of thiophene rings is 1. The van der Waals surface area contributed by atoms with Gasteiger partial charge in [0.25, 0.3) is 0 Å². The molecule has 5 rings (SSSR count). The van der Waals surface area contributed by atoms with Gasteiger partial charge in [-0.15, -0.1) is 11.3 Å². The predicted molar refractivity (Wildman–Crippen MR) is 102 cm³/mol. The van der Waals surface area contributed by atoms with Crippen molar-refractivity contribution in [3.05, 3.63) is 48.9 Å². The Labute approximate surface area is 161 Å². The third-order valence-electron chi connectivity index (χ3n) is 6.15. The zero-order valence-electron chi connectivity index (χ0n) is 15.3. The van der Waals surface area contributed by atoms with Gasteiger partial charge >= 0.3 is 11.1 Å². The molecule has 0 amide bonds. The normalized spacial score (nSPS) is 26.1. The molecule has 1 atom stereocenters. The Balaban J connectivity index is 1.39. The van der Waals surface area contributed by atoms with Gasteiger partial charge in [0.1, 0.15) is 12.2 Å². The number of fused-ring (bicyclic) bond motifs is 1. The second-order valence-corrected chi connectivity index (χ2v) is 9.04. The van der Waals surface area contributed by atoms with Crippen molar-refractivity contribution < 1.29 is 4.74 Å². The topological polar surface area (TPSA) is 69.4 Å². The van der Waals surface area contributed by atoms with Crippen LogP contribution in [0.25, 0.3) is 0 Å². The van der Waals surface area contributed by atoms with E-state index in [9.17, 15) is 9.59 Å². The number of aromatic nitrogens is 3. The van der Waals surface area contributed by atoms with Crippen molar-refractivity contribution in [1.29, 1.82) is 0 Å². The summed E-state index contributed by atoms with van der Waals surface area (Å²) in [5, 5.41) is 6.61. The number of rotatable bonds is 3. The van der Waals surface area contributed by atoms with Gasteiger partial charge < -0.3 is 4.74 Å². The smallest absolute Gasteiger partial charge is 0.332 e. The summed E-state index contributed by atoms with van der Waals surface area (Å²) in [6.45, 7) is 3.36. The number of ether oxygens (including phenoxy) is 1. The van der Waals surface area contributed by atoms with Crippen LogP contribution in [-0.2, 0) is 24.4 Å². The van der Waals surface area contributed by atoms with E-state index in [0.717, 1.165) is 51.7 Å². The number of hydrogen-bond acceptors (Lipinski definition) is 6. The average molecular weight is 388 g/mol. The van der Waals surface area contributed by atoms with E-state index < -0.39 is 11.1 Å². The fourth-order valence-electron chi connectivity index (χ4n) is 4.70. The van der Waals surface area contributed by atoms with Crippen molar-refractivity contribution in [3.63, 3.8) is 0 Å². The largest absolute Gasteiger partial charge is 0.364 e. The van der Waals surface area contributed by atoms with Crippen molar-refractivity contribution in [2.75, 3.05) is 13.1 Å². The molecule has 3 aliphatic rings. The van der Waals surface area contributed by atoms with Crippen LogP contribution in [0.3, 0.4) is 0 Å². The van der Waals surface area contributed by atoms with Gasteiger partial charge in [-0.1, -0.05) is 18.9 Å². The van der Waals surface area contributed by atoms with E-state index in [1.54, 1.807) is 15.9 Å². The molecular weight excluding hydrogens is 364 g/mol. The van der Waals surface area contributed by atoms with Crippen LogP contribution in [0.2, 0.25) is 0 Å². The molecule has 1 saturated carbocycles. The van der Waals surface area contributed by atoms with Gasteiger partial charge in [0.2, 0.25) is 0 Å². The SMILES string of the molecule is O=c1c(=O)n2c(nn1C1CCCC1)COC1(CCN(Cc3cccs3)C1)C2. The summed E-state index contributed by atoms with van der Waals surface area (Å²) < 4.78 is 9.25. The van der Waals surface area contributed by atoms with Crippen LogP contribution in [0.15, 0.2) is 27.1 Å². The van der Waals surface area contributed by atoms with Gasteiger partial charge in [-0.25, -0.2) is 4.68 Å². The quantitative estimate of drug-likeness (QED) is 0.750. The molecule has 1 spiro atoms. The second kappa shape index (κ2) is 6.68. The molecule has 1 aliphatic carbocycles. The van der Waals surface area contributed by atoms with E-state index in [2.05, 4.69) is 27.5 Å². The maximum atomic E-state index is 12.8. The molecule has 4 heterocycles. The molecule has 0 N–H and O–H groups in total. The Kier molecular flexibility index (Phi) is 4.29. The lowest BCUT2D eigenvalue weighted by molar-refractivity contribution is -0.0860. The lowest BCUT2D eigenvalue weighted by Crippen LogP contribution is -2.53. The van der Waals surface area contributed by atoms with Crippen LogP contribution in [0.1, 0.15) is 48.8 Å². The van der Waals surface area contributed by atoms with Crippen molar-refractivity contribution in [3.8, 4) is 0 Å². The van der Waals surface area contributed by atoms with Crippen molar-refractivity contribution in [2.45, 2.75) is 63.4 Å². The molecule has 27 heavy (non-hydrogen) atoms. The molecule has 2 aromatic rings.